The van der Waals surface area contributed by atoms with Gasteiger partial charge in [0.15, 0.2) is 0 Å². The molecule has 1 heterocycles. The summed E-state index contributed by atoms with van der Waals surface area (Å²) in [4.78, 5) is 53.9. The first kappa shape index (κ1) is 25.8. The minimum absolute atomic E-state index is 0.171. The predicted molar refractivity (Wildman–Crippen MR) is 132 cm³/mol. The van der Waals surface area contributed by atoms with Gasteiger partial charge in [0.2, 0.25) is 5.91 Å². The molecule has 184 valence electrons. The number of carbonyl (C=O) groups is 4. The van der Waals surface area contributed by atoms with Crippen LogP contribution in [0.25, 0.3) is 5.70 Å². The van der Waals surface area contributed by atoms with Crippen LogP contribution in [0.1, 0.15) is 25.0 Å². The van der Waals surface area contributed by atoms with Gasteiger partial charge in [0.05, 0.1) is 11.7 Å². The summed E-state index contributed by atoms with van der Waals surface area (Å²) in [6, 6.07) is 16.9. The molecule has 2 aromatic carbocycles. The molecular formula is C27H31N3O5. The van der Waals surface area contributed by atoms with Crippen LogP contribution in [0.4, 0.5) is 0 Å². The minimum atomic E-state index is -0.788. The van der Waals surface area contributed by atoms with Crippen LogP contribution in [0.5, 0.6) is 0 Å². The van der Waals surface area contributed by atoms with E-state index in [9.17, 15) is 19.2 Å². The lowest BCUT2D eigenvalue weighted by Gasteiger charge is -2.41. The molecule has 0 saturated heterocycles. The Morgan fingerprint density at radius 2 is 1.69 bits per heavy atom. The Morgan fingerprint density at radius 1 is 1.06 bits per heavy atom. The molecule has 2 atom stereocenters. The molecular weight excluding hydrogens is 446 g/mol. The normalized spacial score (nSPS) is 16.6. The first-order valence-electron chi connectivity index (χ1n) is 11.5. The summed E-state index contributed by atoms with van der Waals surface area (Å²) in [5.41, 5.74) is 2.02. The third-order valence-corrected chi connectivity index (χ3v) is 5.74. The maximum Gasteiger partial charge on any atom is 0.253 e. The first-order chi connectivity index (χ1) is 16.8. The molecule has 35 heavy (non-hydrogen) atoms. The summed E-state index contributed by atoms with van der Waals surface area (Å²) < 4.78 is 5.01. The van der Waals surface area contributed by atoms with Crippen molar-refractivity contribution in [2.24, 2.45) is 5.92 Å². The number of nitrogens with zero attached hydrogens (tertiary/aromatic N) is 2. The van der Waals surface area contributed by atoms with Crippen molar-refractivity contribution >= 4 is 29.7 Å². The van der Waals surface area contributed by atoms with Crippen molar-refractivity contribution in [3.05, 3.63) is 78.0 Å². The zero-order valence-electron chi connectivity index (χ0n) is 20.2. The molecule has 1 N–H and O–H groups in total. The van der Waals surface area contributed by atoms with Gasteiger partial charge in [-0.05, 0) is 23.5 Å². The maximum atomic E-state index is 13.7. The fraction of sp³-hybridized carbons (Fsp3) is 0.333. The van der Waals surface area contributed by atoms with Crippen LogP contribution < -0.4 is 5.32 Å². The van der Waals surface area contributed by atoms with E-state index in [1.54, 1.807) is 6.20 Å². The van der Waals surface area contributed by atoms with Gasteiger partial charge in [-0.15, -0.1) is 0 Å². The number of amides is 3. The topological polar surface area (TPSA) is 96.0 Å². The summed E-state index contributed by atoms with van der Waals surface area (Å²) in [7, 11) is 1.42. The predicted octanol–water partition coefficient (Wildman–Crippen LogP) is 2.25. The largest absolute Gasteiger partial charge is 0.375 e. The van der Waals surface area contributed by atoms with Crippen molar-refractivity contribution in [1.82, 2.24) is 15.1 Å². The molecule has 0 aromatic heterocycles. The Kier molecular flexibility index (Phi) is 8.92. The van der Waals surface area contributed by atoms with Gasteiger partial charge in [-0.25, -0.2) is 0 Å². The Labute approximate surface area is 205 Å². The van der Waals surface area contributed by atoms with Crippen molar-refractivity contribution in [2.75, 3.05) is 20.3 Å². The molecule has 2 aromatic rings. The SMILES string of the molecule is COCC(=O)N1C=C(c2ccccc2)N(CC(=O)NC(C=O)Cc2ccccc2)C(=O)C1C(C)C. The minimum Gasteiger partial charge on any atom is -0.375 e. The average molecular weight is 478 g/mol. The van der Waals surface area contributed by atoms with Crippen molar-refractivity contribution in [1.29, 1.82) is 0 Å². The molecule has 3 amide bonds. The molecule has 0 spiro atoms. The fourth-order valence-electron chi connectivity index (χ4n) is 4.11. The number of benzene rings is 2. The molecule has 0 radical (unpaired) electrons. The lowest BCUT2D eigenvalue weighted by Crippen LogP contribution is -2.57. The first-order valence-corrected chi connectivity index (χ1v) is 11.5. The third kappa shape index (κ3) is 6.42. The second-order valence-electron chi connectivity index (χ2n) is 8.73. The zero-order chi connectivity index (χ0) is 25.4. The Morgan fingerprint density at radius 3 is 2.26 bits per heavy atom. The van der Waals surface area contributed by atoms with E-state index in [1.165, 1.54) is 16.9 Å². The van der Waals surface area contributed by atoms with Crippen LogP contribution in [0.3, 0.4) is 0 Å². The highest BCUT2D eigenvalue weighted by Crippen LogP contribution is 2.30. The van der Waals surface area contributed by atoms with Gasteiger partial charge >= 0.3 is 0 Å². The third-order valence-electron chi connectivity index (χ3n) is 5.74. The summed E-state index contributed by atoms with van der Waals surface area (Å²) in [6.45, 7) is 3.24. The van der Waals surface area contributed by atoms with Crippen LogP contribution in [0, 0.1) is 5.92 Å². The summed E-state index contributed by atoms with van der Waals surface area (Å²) in [5, 5.41) is 2.72. The Hall–Kier alpha value is -3.78. The number of methoxy groups -OCH3 is 1. The molecule has 8 nitrogen and oxygen atoms in total. The highest BCUT2D eigenvalue weighted by atomic mass is 16.5. The fourth-order valence-corrected chi connectivity index (χ4v) is 4.11. The number of ether oxygens (including phenoxy) is 1. The zero-order valence-corrected chi connectivity index (χ0v) is 20.2. The summed E-state index contributed by atoms with van der Waals surface area (Å²) >= 11 is 0. The van der Waals surface area contributed by atoms with E-state index >= 15 is 0 Å². The quantitative estimate of drug-likeness (QED) is 0.530. The highest BCUT2D eigenvalue weighted by molar-refractivity contribution is 6.00. The second kappa shape index (κ2) is 12.1. The summed E-state index contributed by atoms with van der Waals surface area (Å²) in [6.07, 6.45) is 2.65. The van der Waals surface area contributed by atoms with Gasteiger partial charge in [0.25, 0.3) is 11.8 Å². The smallest absolute Gasteiger partial charge is 0.253 e. The van der Waals surface area contributed by atoms with Crippen molar-refractivity contribution in [3.8, 4) is 0 Å². The van der Waals surface area contributed by atoms with E-state index in [1.807, 2.05) is 74.5 Å². The monoisotopic (exact) mass is 477 g/mol. The Bertz CT molecular complexity index is 1070. The molecule has 0 fully saturated rings. The van der Waals surface area contributed by atoms with Crippen LogP contribution >= 0.6 is 0 Å². The molecule has 8 heteroatoms. The van der Waals surface area contributed by atoms with Crippen LogP contribution in [-0.4, -0.2) is 66.2 Å². The Balaban J connectivity index is 1.89. The number of aldehydes is 1. The molecule has 3 rings (SSSR count). The van der Waals surface area contributed by atoms with Gasteiger partial charge in [-0.2, -0.15) is 0 Å². The molecule has 0 bridgehead atoms. The van der Waals surface area contributed by atoms with E-state index in [4.69, 9.17) is 4.74 Å². The molecule has 1 aliphatic rings. The average Bonchev–Trinajstić information content (AvgIpc) is 2.85. The number of hydrogen-bond acceptors (Lipinski definition) is 5. The van der Waals surface area contributed by atoms with Gasteiger partial charge in [-0.1, -0.05) is 74.5 Å². The standard InChI is InChI=1S/C27H31N3O5/c1-19(2)26-27(34)29(16-24(32)28-22(17-31)14-20-10-6-4-7-11-20)23(21-12-8-5-9-13-21)15-30(26)25(33)18-35-3/h4-13,15,17,19,22,26H,14,16,18H2,1-3H3,(H,28,32). The van der Waals surface area contributed by atoms with E-state index in [-0.39, 0.29) is 30.9 Å². The molecule has 0 aliphatic carbocycles. The lowest BCUT2D eigenvalue weighted by atomic mass is 9.97. The van der Waals surface area contributed by atoms with E-state index in [2.05, 4.69) is 5.32 Å². The lowest BCUT2D eigenvalue weighted by molar-refractivity contribution is -0.147. The van der Waals surface area contributed by atoms with Gasteiger partial charge < -0.3 is 19.7 Å². The van der Waals surface area contributed by atoms with E-state index in [0.717, 1.165) is 5.56 Å². The molecule has 1 aliphatic heterocycles. The number of carbonyl (C=O) groups excluding carboxylic acids is 4. The van der Waals surface area contributed by atoms with Crippen LogP contribution in [-0.2, 0) is 30.3 Å². The summed E-state index contributed by atoms with van der Waals surface area (Å²) in [5.74, 6) is -1.39. The van der Waals surface area contributed by atoms with Crippen LogP contribution in [0.15, 0.2) is 66.9 Å². The number of rotatable bonds is 10. The highest BCUT2D eigenvalue weighted by Gasteiger charge is 2.41. The number of nitrogens with one attached hydrogen (secondary N) is 1. The van der Waals surface area contributed by atoms with Crippen LogP contribution in [0.2, 0.25) is 0 Å². The van der Waals surface area contributed by atoms with Gasteiger partial charge in [-0.3, -0.25) is 19.3 Å². The molecule has 2 unspecified atom stereocenters. The van der Waals surface area contributed by atoms with Gasteiger partial charge in [0, 0.05) is 13.3 Å². The van der Waals surface area contributed by atoms with Gasteiger partial charge in [0.1, 0.15) is 25.5 Å². The van der Waals surface area contributed by atoms with Crippen molar-refractivity contribution in [2.45, 2.75) is 32.4 Å². The molecule has 0 saturated carbocycles. The maximum absolute atomic E-state index is 13.7. The number of hydrogen-bond donors (Lipinski definition) is 1. The van der Waals surface area contributed by atoms with E-state index < -0.39 is 18.0 Å². The van der Waals surface area contributed by atoms with E-state index in [0.29, 0.717) is 24.0 Å². The second-order valence-corrected chi connectivity index (χ2v) is 8.73. The van der Waals surface area contributed by atoms with Crippen molar-refractivity contribution in [3.63, 3.8) is 0 Å². The van der Waals surface area contributed by atoms with Crippen molar-refractivity contribution < 1.29 is 23.9 Å².